The summed E-state index contributed by atoms with van der Waals surface area (Å²) in [6.07, 6.45) is 5.63. The number of nitrogens with zero attached hydrogens (tertiary/aromatic N) is 5. The van der Waals surface area contributed by atoms with E-state index in [4.69, 9.17) is 4.74 Å². The van der Waals surface area contributed by atoms with E-state index in [1.54, 1.807) is 23.5 Å². The molecule has 2 heterocycles. The average Bonchev–Trinajstić information content (AvgIpc) is 3.40. The number of thiazole rings is 1. The van der Waals surface area contributed by atoms with Crippen LogP contribution in [0.4, 0.5) is 5.69 Å². The molecule has 0 bridgehead atoms. The maximum absolute atomic E-state index is 11.2. The van der Waals surface area contributed by atoms with Gasteiger partial charge < -0.3 is 14.2 Å². The Balaban J connectivity index is 1.50. The van der Waals surface area contributed by atoms with Gasteiger partial charge in [0.2, 0.25) is 4.80 Å². The second-order valence-corrected chi connectivity index (χ2v) is 9.26. The van der Waals surface area contributed by atoms with Gasteiger partial charge >= 0.3 is 0 Å². The van der Waals surface area contributed by atoms with Gasteiger partial charge in [-0.1, -0.05) is 35.6 Å². The van der Waals surface area contributed by atoms with Crippen LogP contribution in [0.15, 0.2) is 75.6 Å². The van der Waals surface area contributed by atoms with E-state index in [0.717, 1.165) is 58.7 Å². The lowest BCUT2D eigenvalue weighted by Crippen LogP contribution is -2.36. The number of hydrogen-bond acceptors (Lipinski definition) is 7. The number of fused-ring (bicyclic) bond motifs is 1. The first kappa shape index (κ1) is 22.2. The second-order valence-electron chi connectivity index (χ2n) is 8.25. The fourth-order valence-electron chi connectivity index (χ4n) is 4.43. The van der Waals surface area contributed by atoms with Crippen LogP contribution in [0.2, 0.25) is 0 Å². The minimum absolute atomic E-state index is 0.0982. The van der Waals surface area contributed by atoms with Gasteiger partial charge in [0.25, 0.3) is 5.69 Å². The minimum Gasteiger partial charge on any atom is -0.378 e. The minimum atomic E-state index is -0.358. The molecule has 3 aromatic rings. The molecule has 1 aromatic heterocycles. The summed E-state index contributed by atoms with van der Waals surface area (Å²) in [4.78, 5) is 14.0. The van der Waals surface area contributed by atoms with Crippen molar-refractivity contribution in [3.63, 3.8) is 0 Å². The Labute approximate surface area is 201 Å². The first-order valence-electron chi connectivity index (χ1n) is 11.2. The molecule has 0 saturated carbocycles. The molecular formula is C25H25N5O3S. The van der Waals surface area contributed by atoms with Gasteiger partial charge in [-0.25, -0.2) is 0 Å². The van der Waals surface area contributed by atoms with Crippen LogP contribution in [0.25, 0.3) is 16.3 Å². The number of non-ortho nitro benzene ring substituents is 1. The third-order valence-corrected chi connectivity index (χ3v) is 7.20. The van der Waals surface area contributed by atoms with Crippen LogP contribution >= 0.6 is 11.3 Å². The van der Waals surface area contributed by atoms with Crippen LogP contribution in [0.3, 0.4) is 0 Å². The summed E-state index contributed by atoms with van der Waals surface area (Å²) in [7, 11) is 2.00. The molecule has 0 unspecified atom stereocenters. The summed E-state index contributed by atoms with van der Waals surface area (Å²) in [6, 6.07) is 15.0. The fraction of sp³-hybridized carbons (Fsp3) is 0.280. The first-order valence-corrected chi connectivity index (χ1v) is 12.0. The highest BCUT2D eigenvalue weighted by atomic mass is 32.1. The van der Waals surface area contributed by atoms with Gasteiger partial charge in [0, 0.05) is 38.0 Å². The number of ether oxygens (including phenoxy) is 1. The molecule has 0 N–H and O–H groups in total. The number of rotatable bonds is 5. The Morgan fingerprint density at radius 3 is 2.74 bits per heavy atom. The Morgan fingerprint density at radius 1 is 1.12 bits per heavy atom. The number of hydrogen-bond donors (Lipinski definition) is 0. The molecular weight excluding hydrogens is 450 g/mol. The summed E-state index contributed by atoms with van der Waals surface area (Å²) >= 11 is 1.61. The zero-order valence-corrected chi connectivity index (χ0v) is 19.7. The van der Waals surface area contributed by atoms with E-state index in [-0.39, 0.29) is 10.6 Å². The van der Waals surface area contributed by atoms with Crippen LogP contribution in [0.1, 0.15) is 18.4 Å². The summed E-state index contributed by atoms with van der Waals surface area (Å²) in [5.74, 6) is 0. The molecule has 174 valence electrons. The van der Waals surface area contributed by atoms with Crippen LogP contribution < -0.4 is 4.80 Å². The molecule has 2 aromatic carbocycles. The number of benzene rings is 2. The van der Waals surface area contributed by atoms with Gasteiger partial charge in [0.15, 0.2) is 0 Å². The SMILES string of the molecule is Cn1/c(=N\N=C/C2=C(N3CCOCC3)C(=C/c3cccc([N+](=O)[O-])c3)/CC2)sc2ccccc21. The van der Waals surface area contributed by atoms with E-state index < -0.39 is 0 Å². The van der Waals surface area contributed by atoms with Gasteiger partial charge in [0.05, 0.1) is 34.6 Å². The van der Waals surface area contributed by atoms with Gasteiger partial charge in [-0.05, 0) is 47.8 Å². The van der Waals surface area contributed by atoms with Crippen molar-refractivity contribution in [3.8, 4) is 0 Å². The number of morpholine rings is 1. The normalized spacial score (nSPS) is 18.7. The highest BCUT2D eigenvalue weighted by molar-refractivity contribution is 7.16. The number of aryl methyl sites for hydroxylation is 1. The lowest BCUT2D eigenvalue weighted by atomic mass is 10.1. The maximum Gasteiger partial charge on any atom is 0.270 e. The van der Waals surface area contributed by atoms with Crippen molar-refractivity contribution in [2.75, 3.05) is 26.3 Å². The standard InChI is InChI=1S/C25H25N5O3S/c1-28-22-7-2-3-8-23(22)34-25(28)27-26-17-20-10-9-19(24(20)29-11-13-33-14-12-29)15-18-5-4-6-21(16-18)30(31)32/h2-8,15-17H,9-14H2,1H3/b19-15+,26-17-,27-25+. The van der Waals surface area contributed by atoms with Crippen LogP contribution in [0.5, 0.6) is 0 Å². The molecule has 1 aliphatic carbocycles. The Kier molecular flexibility index (Phi) is 6.37. The molecule has 5 rings (SSSR count). The van der Waals surface area contributed by atoms with E-state index in [9.17, 15) is 10.1 Å². The molecule has 1 fully saturated rings. The second kappa shape index (κ2) is 9.74. The largest absolute Gasteiger partial charge is 0.378 e. The average molecular weight is 476 g/mol. The molecule has 1 saturated heterocycles. The zero-order valence-electron chi connectivity index (χ0n) is 18.9. The van der Waals surface area contributed by atoms with Crippen molar-refractivity contribution in [2.24, 2.45) is 17.3 Å². The maximum atomic E-state index is 11.2. The van der Waals surface area contributed by atoms with E-state index >= 15 is 0 Å². The van der Waals surface area contributed by atoms with Gasteiger partial charge in [-0.15, -0.1) is 5.10 Å². The van der Waals surface area contributed by atoms with Gasteiger partial charge in [-0.3, -0.25) is 10.1 Å². The van der Waals surface area contributed by atoms with E-state index in [0.29, 0.717) is 13.2 Å². The van der Waals surface area contributed by atoms with Crippen molar-refractivity contribution < 1.29 is 9.66 Å². The van der Waals surface area contributed by atoms with Crippen LogP contribution in [-0.4, -0.2) is 46.9 Å². The Morgan fingerprint density at radius 2 is 1.94 bits per heavy atom. The number of nitro groups is 1. The smallest absolute Gasteiger partial charge is 0.270 e. The van der Waals surface area contributed by atoms with E-state index in [1.807, 2.05) is 31.5 Å². The number of aromatic nitrogens is 1. The molecule has 0 radical (unpaired) electrons. The van der Waals surface area contributed by atoms with Crippen molar-refractivity contribution in [1.29, 1.82) is 0 Å². The summed E-state index contributed by atoms with van der Waals surface area (Å²) < 4.78 is 8.79. The van der Waals surface area contributed by atoms with Gasteiger partial charge in [-0.2, -0.15) is 5.10 Å². The number of allylic oxidation sites excluding steroid dienone is 2. The number of nitro benzene ring substituents is 1. The highest BCUT2D eigenvalue weighted by Crippen LogP contribution is 2.35. The third kappa shape index (κ3) is 4.57. The summed E-state index contributed by atoms with van der Waals surface area (Å²) in [5.41, 5.74) is 5.51. The molecule has 1 aliphatic heterocycles. The van der Waals surface area contributed by atoms with E-state index in [1.165, 1.54) is 10.8 Å². The summed E-state index contributed by atoms with van der Waals surface area (Å²) in [6.45, 7) is 2.97. The molecule has 0 amide bonds. The van der Waals surface area contributed by atoms with Crippen molar-refractivity contribution in [2.45, 2.75) is 12.8 Å². The third-order valence-electron chi connectivity index (χ3n) is 6.09. The van der Waals surface area contributed by atoms with Crippen molar-refractivity contribution in [3.05, 3.63) is 85.9 Å². The molecule has 34 heavy (non-hydrogen) atoms. The van der Waals surface area contributed by atoms with Crippen molar-refractivity contribution in [1.82, 2.24) is 9.47 Å². The lowest BCUT2D eigenvalue weighted by molar-refractivity contribution is -0.384. The van der Waals surface area contributed by atoms with Crippen LogP contribution in [-0.2, 0) is 11.8 Å². The van der Waals surface area contributed by atoms with Crippen LogP contribution in [0, 0.1) is 10.1 Å². The quantitative estimate of drug-likeness (QED) is 0.309. The highest BCUT2D eigenvalue weighted by Gasteiger charge is 2.25. The molecule has 0 atom stereocenters. The molecule has 0 spiro atoms. The predicted octanol–water partition coefficient (Wildman–Crippen LogP) is 4.50. The van der Waals surface area contributed by atoms with E-state index in [2.05, 4.69) is 37.9 Å². The zero-order chi connectivity index (χ0) is 23.5. The predicted molar refractivity (Wildman–Crippen MR) is 135 cm³/mol. The fourth-order valence-corrected chi connectivity index (χ4v) is 5.40. The first-order chi connectivity index (χ1) is 16.6. The summed E-state index contributed by atoms with van der Waals surface area (Å²) in [5, 5.41) is 20.2. The molecule has 2 aliphatic rings. The van der Waals surface area contributed by atoms with Crippen molar-refractivity contribution >= 4 is 39.5 Å². The monoisotopic (exact) mass is 475 g/mol. The molecule has 9 heteroatoms. The Hall–Kier alpha value is -3.56. The molecule has 8 nitrogen and oxygen atoms in total. The topological polar surface area (TPSA) is 85.3 Å². The van der Waals surface area contributed by atoms with Gasteiger partial charge in [0.1, 0.15) is 0 Å². The Bertz CT molecular complexity index is 1390. The lowest BCUT2D eigenvalue weighted by Gasteiger charge is -2.31. The number of para-hydroxylation sites is 1.